The standard InChI is InChI=1S/C22H42O2.C18H36O2/c1-2-3-4-5-6-7-8-9-10-11-12-13-14-15-16-17-18-19-20-21-22(23)24;1-2-3-4-5-6-7-8-9-10-11-12-13-14-15-16-17-18(19)20/h9-10H,2-8,11-21H2,1H3,(H,23,24);2-17H2,1H3,(H,19,20)/b10-9-;. The van der Waals surface area contributed by atoms with Gasteiger partial charge in [-0.15, -0.1) is 0 Å². The number of unbranched alkanes of at least 4 members (excludes halogenated alkanes) is 29. The Balaban J connectivity index is 0. The van der Waals surface area contributed by atoms with Crippen molar-refractivity contribution >= 4 is 11.9 Å². The van der Waals surface area contributed by atoms with E-state index in [9.17, 15) is 9.59 Å². The molecule has 0 saturated carbocycles. The summed E-state index contributed by atoms with van der Waals surface area (Å²) in [5.74, 6) is -1.31. The second kappa shape index (κ2) is 41.7. The number of aliphatic carboxylic acids is 2. The molecule has 0 aromatic rings. The molecule has 0 aliphatic carbocycles. The van der Waals surface area contributed by atoms with Crippen molar-refractivity contribution in [3.8, 4) is 0 Å². The van der Waals surface area contributed by atoms with E-state index in [1.165, 1.54) is 180 Å². The Bertz CT molecular complexity index is 586. The van der Waals surface area contributed by atoms with Crippen molar-refractivity contribution in [1.82, 2.24) is 0 Å². The molecular weight excluding hydrogens is 544 g/mol. The first-order valence-corrected chi connectivity index (χ1v) is 19.6. The van der Waals surface area contributed by atoms with E-state index in [1.54, 1.807) is 0 Å². The number of allylic oxidation sites excluding steroid dienone is 2. The van der Waals surface area contributed by atoms with Crippen molar-refractivity contribution in [2.24, 2.45) is 0 Å². The third-order valence-electron chi connectivity index (χ3n) is 8.65. The Morgan fingerprint density at radius 2 is 0.545 bits per heavy atom. The average molecular weight is 623 g/mol. The van der Waals surface area contributed by atoms with Crippen LogP contribution < -0.4 is 0 Å². The fraction of sp³-hybridized carbons (Fsp3) is 0.900. The largest absolute Gasteiger partial charge is 0.481 e. The van der Waals surface area contributed by atoms with Gasteiger partial charge in [0.25, 0.3) is 0 Å². The average Bonchev–Trinajstić information content (AvgIpc) is 3.00. The van der Waals surface area contributed by atoms with Gasteiger partial charge in [-0.05, 0) is 38.5 Å². The van der Waals surface area contributed by atoms with Crippen LogP contribution in [0.1, 0.15) is 232 Å². The lowest BCUT2D eigenvalue weighted by Gasteiger charge is -2.03. The summed E-state index contributed by atoms with van der Waals surface area (Å²) in [5.41, 5.74) is 0. The maximum atomic E-state index is 10.4. The van der Waals surface area contributed by atoms with Crippen LogP contribution in [0.5, 0.6) is 0 Å². The smallest absolute Gasteiger partial charge is 0.303 e. The molecule has 0 spiro atoms. The summed E-state index contributed by atoms with van der Waals surface area (Å²) in [4.78, 5) is 20.7. The first kappa shape index (κ1) is 44.8. The minimum atomic E-state index is -0.656. The van der Waals surface area contributed by atoms with Gasteiger partial charge in [-0.25, -0.2) is 0 Å². The Labute approximate surface area is 275 Å². The zero-order chi connectivity index (χ0) is 32.6. The summed E-state index contributed by atoms with van der Waals surface area (Å²) in [7, 11) is 0. The van der Waals surface area contributed by atoms with Crippen LogP contribution in [0.4, 0.5) is 0 Å². The quantitative estimate of drug-likeness (QED) is 0.0544. The predicted octanol–water partition coefficient (Wildman–Crippen LogP) is 14.0. The van der Waals surface area contributed by atoms with Gasteiger partial charge in [-0.1, -0.05) is 193 Å². The maximum Gasteiger partial charge on any atom is 0.303 e. The lowest BCUT2D eigenvalue weighted by molar-refractivity contribution is -0.138. The third kappa shape index (κ3) is 47.6. The number of hydrogen-bond acceptors (Lipinski definition) is 2. The SMILES string of the molecule is CCCCCCCC/C=C\CCCCCCCCCCCC(=O)O.CCCCCCCCCCCCCCCCCC(=O)O. The van der Waals surface area contributed by atoms with Crippen LogP contribution in [0.2, 0.25) is 0 Å². The molecule has 0 heterocycles. The van der Waals surface area contributed by atoms with Gasteiger partial charge in [0, 0.05) is 12.8 Å². The van der Waals surface area contributed by atoms with Crippen LogP contribution in [0, 0.1) is 0 Å². The summed E-state index contributed by atoms with van der Waals surface area (Å²) in [6, 6.07) is 0. The van der Waals surface area contributed by atoms with Crippen molar-refractivity contribution in [2.45, 2.75) is 232 Å². The molecular formula is C40H78O4. The summed E-state index contributed by atoms with van der Waals surface area (Å²) >= 11 is 0. The molecule has 4 heteroatoms. The molecule has 0 atom stereocenters. The molecule has 0 unspecified atom stereocenters. The van der Waals surface area contributed by atoms with E-state index in [-0.39, 0.29) is 0 Å². The second-order valence-corrected chi connectivity index (χ2v) is 13.2. The van der Waals surface area contributed by atoms with E-state index in [0.29, 0.717) is 12.8 Å². The highest BCUT2D eigenvalue weighted by Crippen LogP contribution is 2.14. The number of rotatable bonds is 35. The van der Waals surface area contributed by atoms with Gasteiger partial charge in [0.15, 0.2) is 0 Å². The van der Waals surface area contributed by atoms with Gasteiger partial charge in [0.2, 0.25) is 0 Å². The first-order valence-electron chi connectivity index (χ1n) is 19.6. The van der Waals surface area contributed by atoms with Crippen molar-refractivity contribution < 1.29 is 19.8 Å². The molecule has 0 aromatic heterocycles. The van der Waals surface area contributed by atoms with Crippen LogP contribution >= 0.6 is 0 Å². The molecule has 0 rings (SSSR count). The summed E-state index contributed by atoms with van der Waals surface area (Å²) in [5, 5.41) is 17.1. The monoisotopic (exact) mass is 623 g/mol. The van der Waals surface area contributed by atoms with E-state index in [1.807, 2.05) is 0 Å². The highest BCUT2D eigenvalue weighted by Gasteiger charge is 1.98. The predicted molar refractivity (Wildman–Crippen MR) is 193 cm³/mol. The second-order valence-electron chi connectivity index (χ2n) is 13.2. The number of hydrogen-bond donors (Lipinski definition) is 2. The van der Waals surface area contributed by atoms with Gasteiger partial charge < -0.3 is 10.2 Å². The fourth-order valence-corrected chi connectivity index (χ4v) is 5.70. The highest BCUT2D eigenvalue weighted by molar-refractivity contribution is 5.66. The van der Waals surface area contributed by atoms with Gasteiger partial charge in [-0.3, -0.25) is 9.59 Å². The fourth-order valence-electron chi connectivity index (χ4n) is 5.70. The lowest BCUT2D eigenvalue weighted by Crippen LogP contribution is -1.93. The number of carbonyl (C=O) groups is 2. The van der Waals surface area contributed by atoms with Crippen LogP contribution in [-0.2, 0) is 9.59 Å². The molecule has 262 valence electrons. The molecule has 0 fully saturated rings. The number of carboxylic acids is 2. The van der Waals surface area contributed by atoms with E-state index < -0.39 is 11.9 Å². The summed E-state index contributed by atoms with van der Waals surface area (Å²) in [6.07, 6.45) is 47.3. The van der Waals surface area contributed by atoms with E-state index in [2.05, 4.69) is 26.0 Å². The van der Waals surface area contributed by atoms with E-state index in [4.69, 9.17) is 10.2 Å². The molecule has 0 radical (unpaired) electrons. The molecule has 44 heavy (non-hydrogen) atoms. The normalized spacial score (nSPS) is 11.1. The molecule has 0 bridgehead atoms. The topological polar surface area (TPSA) is 74.6 Å². The van der Waals surface area contributed by atoms with Crippen molar-refractivity contribution in [3.05, 3.63) is 12.2 Å². The van der Waals surface area contributed by atoms with Crippen LogP contribution in [0.15, 0.2) is 12.2 Å². The molecule has 0 aromatic carbocycles. The van der Waals surface area contributed by atoms with Crippen LogP contribution in [-0.4, -0.2) is 22.2 Å². The Kier molecular flexibility index (Phi) is 42.4. The minimum absolute atomic E-state index is 0.340. The maximum absolute atomic E-state index is 10.4. The van der Waals surface area contributed by atoms with Gasteiger partial charge in [0.05, 0.1) is 0 Å². The summed E-state index contributed by atoms with van der Waals surface area (Å²) < 4.78 is 0. The van der Waals surface area contributed by atoms with E-state index >= 15 is 0 Å². The summed E-state index contributed by atoms with van der Waals surface area (Å²) in [6.45, 7) is 4.54. The minimum Gasteiger partial charge on any atom is -0.481 e. The van der Waals surface area contributed by atoms with Crippen LogP contribution in [0.3, 0.4) is 0 Å². The van der Waals surface area contributed by atoms with Crippen molar-refractivity contribution in [2.75, 3.05) is 0 Å². The first-order chi connectivity index (χ1) is 21.5. The van der Waals surface area contributed by atoms with Crippen LogP contribution in [0.25, 0.3) is 0 Å². The van der Waals surface area contributed by atoms with Gasteiger partial charge >= 0.3 is 11.9 Å². The molecule has 0 amide bonds. The van der Waals surface area contributed by atoms with E-state index in [0.717, 1.165) is 25.7 Å². The Morgan fingerprint density at radius 1 is 0.341 bits per heavy atom. The zero-order valence-electron chi connectivity index (χ0n) is 29.9. The number of carboxylic acid groups (broad SMARTS) is 2. The Morgan fingerprint density at radius 3 is 0.773 bits per heavy atom. The molecule has 0 aliphatic rings. The Hall–Kier alpha value is -1.32. The zero-order valence-corrected chi connectivity index (χ0v) is 29.9. The highest BCUT2D eigenvalue weighted by atomic mass is 16.4. The molecule has 2 N–H and O–H groups in total. The van der Waals surface area contributed by atoms with Crippen molar-refractivity contribution in [1.29, 1.82) is 0 Å². The van der Waals surface area contributed by atoms with Gasteiger partial charge in [0.1, 0.15) is 0 Å². The molecule has 0 aliphatic heterocycles. The van der Waals surface area contributed by atoms with Gasteiger partial charge in [-0.2, -0.15) is 0 Å². The lowest BCUT2D eigenvalue weighted by atomic mass is 10.0. The van der Waals surface area contributed by atoms with Crippen molar-refractivity contribution in [3.63, 3.8) is 0 Å². The molecule has 0 saturated heterocycles. The third-order valence-corrected chi connectivity index (χ3v) is 8.65. The molecule has 4 nitrogen and oxygen atoms in total.